The Morgan fingerprint density at radius 3 is 3.05 bits per heavy atom. The summed E-state index contributed by atoms with van der Waals surface area (Å²) in [6.45, 7) is 3.20. The molecule has 112 valence electrons. The number of likely N-dealkylation sites (tertiary alicyclic amines) is 1. The topological polar surface area (TPSA) is 41.6 Å². The van der Waals surface area contributed by atoms with Crippen LogP contribution in [0.25, 0.3) is 0 Å². The molecule has 1 N–H and O–H groups in total. The van der Waals surface area contributed by atoms with Gasteiger partial charge in [-0.25, -0.2) is 0 Å². The third-order valence-electron chi connectivity index (χ3n) is 4.88. The smallest absolute Gasteiger partial charge is 0.243 e. The van der Waals surface area contributed by atoms with Crippen molar-refractivity contribution in [3.05, 3.63) is 34.0 Å². The number of hydrogen-bond acceptors (Lipinski definition) is 4. The van der Waals surface area contributed by atoms with E-state index in [1.54, 1.807) is 0 Å². The number of nitrogens with zero attached hydrogens (tertiary/aromatic N) is 1. The van der Waals surface area contributed by atoms with Crippen LogP contribution >= 0.6 is 11.3 Å². The average Bonchev–Trinajstić information content (AvgIpc) is 3.19. The maximum Gasteiger partial charge on any atom is 0.243 e. The van der Waals surface area contributed by atoms with Crippen molar-refractivity contribution in [1.29, 1.82) is 0 Å². The van der Waals surface area contributed by atoms with Crippen molar-refractivity contribution < 1.29 is 9.53 Å². The first-order valence-electron chi connectivity index (χ1n) is 7.68. The SMILES string of the molecule is O=C(C1C=CCN1)N1CCC2(CC1)OCCc1sccc12. The van der Waals surface area contributed by atoms with Gasteiger partial charge in [-0.05, 0) is 29.9 Å². The van der Waals surface area contributed by atoms with Crippen molar-refractivity contribution in [2.24, 2.45) is 0 Å². The van der Waals surface area contributed by atoms with Crippen LogP contribution < -0.4 is 5.32 Å². The van der Waals surface area contributed by atoms with Gasteiger partial charge in [0.25, 0.3) is 0 Å². The van der Waals surface area contributed by atoms with Gasteiger partial charge >= 0.3 is 0 Å². The number of rotatable bonds is 1. The van der Waals surface area contributed by atoms with E-state index in [0.29, 0.717) is 0 Å². The van der Waals surface area contributed by atoms with Crippen molar-refractivity contribution in [2.45, 2.75) is 30.9 Å². The first kappa shape index (κ1) is 13.5. The molecule has 5 heteroatoms. The van der Waals surface area contributed by atoms with Crippen LogP contribution in [-0.2, 0) is 21.6 Å². The Kier molecular flexibility index (Phi) is 3.36. The molecule has 1 fully saturated rings. The van der Waals surface area contributed by atoms with E-state index in [1.807, 2.05) is 28.4 Å². The summed E-state index contributed by atoms with van der Waals surface area (Å²) in [5.41, 5.74) is 1.24. The Morgan fingerprint density at radius 2 is 2.29 bits per heavy atom. The summed E-state index contributed by atoms with van der Waals surface area (Å²) in [6.07, 6.45) is 6.86. The molecule has 4 rings (SSSR count). The fourth-order valence-corrected chi connectivity index (χ4v) is 4.64. The Labute approximate surface area is 128 Å². The molecule has 0 bridgehead atoms. The van der Waals surface area contributed by atoms with E-state index < -0.39 is 0 Å². The lowest BCUT2D eigenvalue weighted by Gasteiger charge is -2.44. The molecule has 1 saturated heterocycles. The van der Waals surface area contributed by atoms with E-state index >= 15 is 0 Å². The summed E-state index contributed by atoms with van der Waals surface area (Å²) >= 11 is 1.84. The molecular weight excluding hydrogens is 284 g/mol. The van der Waals surface area contributed by atoms with Crippen molar-refractivity contribution in [1.82, 2.24) is 10.2 Å². The zero-order valence-electron chi connectivity index (χ0n) is 12.0. The van der Waals surface area contributed by atoms with E-state index in [4.69, 9.17) is 4.74 Å². The number of carbonyl (C=O) groups is 1. The lowest BCUT2D eigenvalue weighted by atomic mass is 9.82. The molecule has 4 heterocycles. The van der Waals surface area contributed by atoms with Gasteiger partial charge < -0.3 is 9.64 Å². The van der Waals surface area contributed by atoms with Crippen LogP contribution in [0.1, 0.15) is 23.3 Å². The van der Waals surface area contributed by atoms with Crippen LogP contribution in [0.4, 0.5) is 0 Å². The molecule has 0 aromatic carbocycles. The zero-order chi connectivity index (χ0) is 14.3. The Morgan fingerprint density at radius 1 is 1.43 bits per heavy atom. The van der Waals surface area contributed by atoms with E-state index in [1.165, 1.54) is 10.4 Å². The second-order valence-corrected chi connectivity index (χ2v) is 6.99. The highest BCUT2D eigenvalue weighted by Gasteiger charge is 2.42. The minimum Gasteiger partial charge on any atom is -0.370 e. The number of ether oxygens (including phenoxy) is 1. The first-order chi connectivity index (χ1) is 10.3. The van der Waals surface area contributed by atoms with Gasteiger partial charge in [0.1, 0.15) is 6.04 Å². The molecule has 1 aromatic rings. The molecule has 1 amide bonds. The summed E-state index contributed by atoms with van der Waals surface area (Å²) in [6, 6.07) is 2.10. The van der Waals surface area contributed by atoms with Crippen molar-refractivity contribution in [2.75, 3.05) is 26.2 Å². The molecule has 3 aliphatic heterocycles. The van der Waals surface area contributed by atoms with E-state index in [2.05, 4.69) is 16.8 Å². The van der Waals surface area contributed by atoms with Crippen LogP contribution in [-0.4, -0.2) is 43.1 Å². The summed E-state index contributed by atoms with van der Waals surface area (Å²) < 4.78 is 6.18. The number of thiophene rings is 1. The first-order valence-corrected chi connectivity index (χ1v) is 8.56. The predicted octanol–water partition coefficient (Wildman–Crippen LogP) is 1.67. The number of amides is 1. The molecule has 3 aliphatic rings. The van der Waals surface area contributed by atoms with Gasteiger partial charge in [-0.1, -0.05) is 12.2 Å². The van der Waals surface area contributed by atoms with Crippen LogP contribution in [0.3, 0.4) is 0 Å². The summed E-state index contributed by atoms with van der Waals surface area (Å²) in [7, 11) is 0. The van der Waals surface area contributed by atoms with Gasteiger partial charge in [-0.15, -0.1) is 11.3 Å². The standard InChI is InChI=1S/C16H20N2O2S/c19-15(13-2-1-7-17-13)18-8-5-16(6-9-18)12-4-11-21-14(12)3-10-20-16/h1-2,4,11,13,17H,3,5-10H2. The predicted molar refractivity (Wildman–Crippen MR) is 82.4 cm³/mol. The van der Waals surface area contributed by atoms with Crippen LogP contribution in [0.15, 0.2) is 23.6 Å². The lowest BCUT2D eigenvalue weighted by Crippen LogP contribution is -2.51. The third kappa shape index (κ3) is 2.24. The lowest BCUT2D eigenvalue weighted by molar-refractivity contribution is -0.141. The molecule has 1 spiro atoms. The van der Waals surface area contributed by atoms with Crippen molar-refractivity contribution >= 4 is 17.2 Å². The molecule has 0 radical (unpaired) electrons. The van der Waals surface area contributed by atoms with Gasteiger partial charge in [-0.2, -0.15) is 0 Å². The molecule has 1 aromatic heterocycles. The number of carbonyl (C=O) groups excluding carboxylic acids is 1. The maximum absolute atomic E-state index is 12.4. The molecule has 21 heavy (non-hydrogen) atoms. The monoisotopic (exact) mass is 304 g/mol. The van der Waals surface area contributed by atoms with Gasteiger partial charge in [0.15, 0.2) is 0 Å². The second-order valence-electron chi connectivity index (χ2n) is 5.99. The van der Waals surface area contributed by atoms with Gasteiger partial charge in [0.2, 0.25) is 5.91 Å². The average molecular weight is 304 g/mol. The second kappa shape index (κ2) is 5.23. The Hall–Kier alpha value is -1.17. The summed E-state index contributed by atoms with van der Waals surface area (Å²) in [5, 5.41) is 5.38. The number of piperidine rings is 1. The molecule has 0 aliphatic carbocycles. The minimum atomic E-state index is -0.136. The van der Waals surface area contributed by atoms with Crippen molar-refractivity contribution in [3.63, 3.8) is 0 Å². The molecule has 4 nitrogen and oxygen atoms in total. The largest absolute Gasteiger partial charge is 0.370 e. The highest BCUT2D eigenvalue weighted by molar-refractivity contribution is 7.10. The zero-order valence-corrected chi connectivity index (χ0v) is 12.8. The van der Waals surface area contributed by atoms with Crippen molar-refractivity contribution in [3.8, 4) is 0 Å². The molecule has 0 saturated carbocycles. The molecule has 1 unspecified atom stereocenters. The Balaban J connectivity index is 1.48. The number of fused-ring (bicyclic) bond motifs is 2. The fourth-order valence-electron chi connectivity index (χ4n) is 3.69. The molecule has 1 atom stereocenters. The van der Waals surface area contributed by atoms with E-state index in [9.17, 15) is 4.79 Å². The normalized spacial score (nSPS) is 27.0. The highest BCUT2D eigenvalue weighted by Crippen LogP contribution is 2.43. The van der Waals surface area contributed by atoms with E-state index in [0.717, 1.165) is 45.5 Å². The van der Waals surface area contributed by atoms with Gasteiger partial charge in [0.05, 0.1) is 12.2 Å². The fraction of sp³-hybridized carbons (Fsp3) is 0.562. The van der Waals surface area contributed by atoms with Gasteiger partial charge in [0, 0.05) is 30.9 Å². The summed E-state index contributed by atoms with van der Waals surface area (Å²) in [5.74, 6) is 0.208. The van der Waals surface area contributed by atoms with Crippen LogP contribution in [0.2, 0.25) is 0 Å². The summed E-state index contributed by atoms with van der Waals surface area (Å²) in [4.78, 5) is 15.9. The Bertz CT molecular complexity index is 573. The minimum absolute atomic E-state index is 0.122. The van der Waals surface area contributed by atoms with Crippen LogP contribution in [0, 0.1) is 0 Å². The third-order valence-corrected chi connectivity index (χ3v) is 5.86. The number of nitrogens with one attached hydrogen (secondary N) is 1. The maximum atomic E-state index is 12.4. The van der Waals surface area contributed by atoms with Gasteiger partial charge in [-0.3, -0.25) is 10.1 Å². The highest BCUT2D eigenvalue weighted by atomic mass is 32.1. The molecular formula is C16H20N2O2S. The quantitative estimate of drug-likeness (QED) is 0.803. The van der Waals surface area contributed by atoms with Crippen LogP contribution in [0.5, 0.6) is 0 Å². The number of hydrogen-bond donors (Lipinski definition) is 1. The van der Waals surface area contributed by atoms with E-state index in [-0.39, 0.29) is 17.6 Å².